The van der Waals surface area contributed by atoms with Crippen LogP contribution in [0.2, 0.25) is 10.0 Å². The Kier molecular flexibility index (Phi) is 7.62. The number of thioether (sulfide) groups is 1. The maximum atomic E-state index is 13.2. The molecule has 0 radical (unpaired) electrons. The number of nitrogens with zero attached hydrogens (tertiary/aromatic N) is 5. The summed E-state index contributed by atoms with van der Waals surface area (Å²) in [6, 6.07) is 9.30. The molecule has 0 aliphatic carbocycles. The van der Waals surface area contributed by atoms with Gasteiger partial charge in [0.1, 0.15) is 0 Å². The van der Waals surface area contributed by atoms with E-state index in [2.05, 4.69) is 15.2 Å². The molecule has 31 heavy (non-hydrogen) atoms. The first-order valence-electron chi connectivity index (χ1n) is 10.0. The minimum absolute atomic E-state index is 0.0571. The van der Waals surface area contributed by atoms with E-state index in [-0.39, 0.29) is 23.2 Å². The Morgan fingerprint density at radius 2 is 1.74 bits per heavy atom. The Labute approximate surface area is 197 Å². The molecule has 1 atom stereocenters. The summed E-state index contributed by atoms with van der Waals surface area (Å²) in [6.45, 7) is 9.98. The van der Waals surface area contributed by atoms with Gasteiger partial charge in [0, 0.05) is 30.0 Å². The van der Waals surface area contributed by atoms with E-state index < -0.39 is 0 Å². The molecule has 9 heteroatoms. The van der Waals surface area contributed by atoms with Gasteiger partial charge in [-0.15, -0.1) is 10.2 Å². The molecule has 0 aliphatic rings. The van der Waals surface area contributed by atoms with E-state index in [1.54, 1.807) is 24.5 Å². The Morgan fingerprint density at radius 1 is 1.03 bits per heavy atom. The zero-order valence-corrected chi connectivity index (χ0v) is 20.4. The highest BCUT2D eigenvalue weighted by molar-refractivity contribution is 8.00. The topological polar surface area (TPSA) is 63.9 Å². The number of amides is 1. The van der Waals surface area contributed by atoms with Crippen LogP contribution in [0.4, 0.5) is 0 Å². The molecule has 2 heterocycles. The van der Waals surface area contributed by atoms with Gasteiger partial charge in [-0.3, -0.25) is 14.3 Å². The van der Waals surface area contributed by atoms with E-state index in [1.165, 1.54) is 11.8 Å². The van der Waals surface area contributed by atoms with Gasteiger partial charge in [0.2, 0.25) is 5.91 Å². The lowest BCUT2D eigenvalue weighted by Gasteiger charge is -2.32. The van der Waals surface area contributed by atoms with E-state index in [0.717, 1.165) is 11.3 Å². The van der Waals surface area contributed by atoms with Crippen LogP contribution < -0.4 is 0 Å². The van der Waals surface area contributed by atoms with Crippen LogP contribution in [0.25, 0.3) is 17.1 Å². The molecule has 3 rings (SSSR count). The van der Waals surface area contributed by atoms with E-state index in [1.807, 2.05) is 62.3 Å². The van der Waals surface area contributed by atoms with Crippen LogP contribution in [0.3, 0.4) is 0 Å². The molecule has 2 aromatic heterocycles. The Balaban J connectivity index is 2.03. The van der Waals surface area contributed by atoms with Gasteiger partial charge in [0.15, 0.2) is 11.0 Å². The summed E-state index contributed by atoms with van der Waals surface area (Å²) in [5.74, 6) is 0.667. The molecule has 0 bridgehead atoms. The Morgan fingerprint density at radius 3 is 2.32 bits per heavy atom. The van der Waals surface area contributed by atoms with Crippen molar-refractivity contribution in [2.75, 3.05) is 0 Å². The van der Waals surface area contributed by atoms with Gasteiger partial charge in [0.05, 0.1) is 21.0 Å². The molecule has 0 aliphatic heterocycles. The van der Waals surface area contributed by atoms with Crippen molar-refractivity contribution in [2.24, 2.45) is 0 Å². The second kappa shape index (κ2) is 10.0. The van der Waals surface area contributed by atoms with Gasteiger partial charge in [-0.2, -0.15) is 0 Å². The average Bonchev–Trinajstić information content (AvgIpc) is 3.13. The van der Waals surface area contributed by atoms with Crippen LogP contribution in [-0.4, -0.2) is 47.9 Å². The molecule has 0 spiro atoms. The smallest absolute Gasteiger partial charge is 0.236 e. The average molecular weight is 478 g/mol. The fourth-order valence-electron chi connectivity index (χ4n) is 3.41. The number of pyridine rings is 1. The molecule has 1 unspecified atom stereocenters. The van der Waals surface area contributed by atoms with Gasteiger partial charge in [-0.25, -0.2) is 0 Å². The molecule has 0 saturated carbocycles. The summed E-state index contributed by atoms with van der Waals surface area (Å²) in [4.78, 5) is 19.2. The molecule has 0 N–H and O–H groups in total. The third kappa shape index (κ3) is 5.22. The van der Waals surface area contributed by atoms with Crippen molar-refractivity contribution in [1.82, 2.24) is 24.6 Å². The lowest BCUT2D eigenvalue weighted by molar-refractivity contribution is -0.133. The maximum Gasteiger partial charge on any atom is 0.236 e. The van der Waals surface area contributed by atoms with Gasteiger partial charge >= 0.3 is 0 Å². The minimum Gasteiger partial charge on any atom is -0.337 e. The summed E-state index contributed by atoms with van der Waals surface area (Å²) >= 11 is 13.8. The SMILES string of the molecule is CC(Sc1nnc(-c2cccnc2)n1-c1ccc(Cl)c(Cl)c1)C(=O)N(C(C)C)C(C)C. The summed E-state index contributed by atoms with van der Waals surface area (Å²) < 4.78 is 1.88. The van der Waals surface area contributed by atoms with Gasteiger partial charge in [0.25, 0.3) is 0 Å². The fourth-order valence-corrected chi connectivity index (χ4v) is 4.63. The van der Waals surface area contributed by atoms with E-state index in [0.29, 0.717) is 21.0 Å². The highest BCUT2D eigenvalue weighted by atomic mass is 35.5. The lowest BCUT2D eigenvalue weighted by atomic mass is 10.2. The van der Waals surface area contributed by atoms with E-state index >= 15 is 0 Å². The number of carbonyl (C=O) groups is 1. The predicted molar refractivity (Wildman–Crippen MR) is 127 cm³/mol. The number of rotatable bonds is 7. The Bertz CT molecular complexity index is 1050. The molecular formula is C22H25Cl2N5OS. The standard InChI is InChI=1S/C22H25Cl2N5OS/c1-13(2)28(14(3)4)21(30)15(5)31-22-27-26-20(16-7-6-10-25-12-16)29(22)17-8-9-18(23)19(24)11-17/h6-15H,1-5H3. The number of carbonyl (C=O) groups excluding carboxylic acids is 1. The summed E-state index contributed by atoms with van der Waals surface area (Å²) in [7, 11) is 0. The van der Waals surface area contributed by atoms with Gasteiger partial charge in [-0.05, 0) is 65.0 Å². The minimum atomic E-state index is -0.350. The highest BCUT2D eigenvalue weighted by Gasteiger charge is 2.28. The fraction of sp³-hybridized carbons (Fsp3) is 0.364. The summed E-state index contributed by atoms with van der Waals surface area (Å²) in [6.07, 6.45) is 3.42. The van der Waals surface area contributed by atoms with Crippen molar-refractivity contribution < 1.29 is 4.79 Å². The van der Waals surface area contributed by atoms with Crippen molar-refractivity contribution in [3.05, 3.63) is 52.8 Å². The van der Waals surface area contributed by atoms with Gasteiger partial charge < -0.3 is 4.90 Å². The molecule has 1 aromatic carbocycles. The molecule has 6 nitrogen and oxygen atoms in total. The van der Waals surface area contributed by atoms with E-state index in [9.17, 15) is 4.79 Å². The molecule has 0 saturated heterocycles. The van der Waals surface area contributed by atoms with Crippen molar-refractivity contribution in [2.45, 2.75) is 57.1 Å². The van der Waals surface area contributed by atoms with E-state index in [4.69, 9.17) is 23.2 Å². The molecule has 0 fully saturated rings. The first-order valence-corrected chi connectivity index (χ1v) is 11.6. The number of benzene rings is 1. The summed E-state index contributed by atoms with van der Waals surface area (Å²) in [5.41, 5.74) is 1.56. The molecular weight excluding hydrogens is 453 g/mol. The molecule has 3 aromatic rings. The zero-order chi connectivity index (χ0) is 22.7. The van der Waals surface area contributed by atoms with Crippen molar-refractivity contribution in [1.29, 1.82) is 0 Å². The number of hydrogen-bond donors (Lipinski definition) is 0. The summed E-state index contributed by atoms with van der Waals surface area (Å²) in [5, 5.41) is 9.91. The maximum absolute atomic E-state index is 13.2. The Hall–Kier alpha value is -2.09. The molecule has 164 valence electrons. The highest BCUT2D eigenvalue weighted by Crippen LogP contribution is 2.33. The van der Waals surface area contributed by atoms with Crippen LogP contribution in [0.5, 0.6) is 0 Å². The van der Waals surface area contributed by atoms with Crippen molar-refractivity contribution in [3.63, 3.8) is 0 Å². The first-order chi connectivity index (χ1) is 14.7. The van der Waals surface area contributed by atoms with Crippen LogP contribution in [0.1, 0.15) is 34.6 Å². The number of halogens is 2. The third-order valence-corrected chi connectivity index (χ3v) is 6.48. The normalized spacial score (nSPS) is 12.4. The molecule has 1 amide bonds. The van der Waals surface area contributed by atoms with Crippen LogP contribution >= 0.6 is 35.0 Å². The van der Waals surface area contributed by atoms with Crippen molar-refractivity contribution >= 4 is 40.9 Å². The monoisotopic (exact) mass is 477 g/mol. The second-order valence-corrected chi connectivity index (χ2v) is 9.80. The number of hydrogen-bond acceptors (Lipinski definition) is 5. The predicted octanol–water partition coefficient (Wildman–Crippen LogP) is 5.76. The quantitative estimate of drug-likeness (QED) is 0.404. The third-order valence-electron chi connectivity index (χ3n) is 4.71. The van der Waals surface area contributed by atoms with Crippen LogP contribution in [-0.2, 0) is 4.79 Å². The number of aromatic nitrogens is 4. The van der Waals surface area contributed by atoms with Crippen LogP contribution in [0.15, 0.2) is 47.9 Å². The largest absolute Gasteiger partial charge is 0.337 e. The van der Waals surface area contributed by atoms with Gasteiger partial charge in [-0.1, -0.05) is 35.0 Å². The van der Waals surface area contributed by atoms with Crippen molar-refractivity contribution in [3.8, 4) is 17.1 Å². The lowest BCUT2D eigenvalue weighted by Crippen LogP contribution is -2.45. The second-order valence-electron chi connectivity index (χ2n) is 7.67. The first kappa shape index (κ1) is 23.6. The van der Waals surface area contributed by atoms with Crippen LogP contribution in [0, 0.1) is 0 Å². The zero-order valence-electron chi connectivity index (χ0n) is 18.1.